The number of aromatic nitrogens is 3. The van der Waals surface area contributed by atoms with Crippen molar-refractivity contribution in [3.8, 4) is 11.5 Å². The van der Waals surface area contributed by atoms with Gasteiger partial charge in [-0.3, -0.25) is 19.5 Å². The fourth-order valence-electron chi connectivity index (χ4n) is 3.14. The summed E-state index contributed by atoms with van der Waals surface area (Å²) in [4.78, 5) is 22.9. The van der Waals surface area contributed by atoms with Gasteiger partial charge < -0.3 is 14.8 Å². The number of nitro groups is 1. The van der Waals surface area contributed by atoms with Crippen LogP contribution >= 0.6 is 11.8 Å². The molecule has 0 aliphatic heterocycles. The third kappa shape index (κ3) is 6.13. The number of methoxy groups -OCH3 is 1. The lowest BCUT2D eigenvalue weighted by atomic mass is 10.2. The molecule has 11 heteroatoms. The van der Waals surface area contributed by atoms with Crippen molar-refractivity contribution in [2.24, 2.45) is 0 Å². The van der Waals surface area contributed by atoms with Gasteiger partial charge in [-0.05, 0) is 49.7 Å². The standard InChI is InChI=1S/C23H25N5O5S/c1-5-12-27-22(16(3)33-19-9-7-18(32-4)8-10-19)25-26-23(27)34-14-21(29)24-20-11-6-17(28(30)31)13-15(20)2/h5-11,13,16H,1,12,14H2,2-4H3,(H,24,29). The molecule has 3 aromatic rings. The van der Waals surface area contributed by atoms with Crippen LogP contribution in [0.2, 0.25) is 0 Å². The minimum atomic E-state index is -0.474. The van der Waals surface area contributed by atoms with Gasteiger partial charge in [0, 0.05) is 24.4 Å². The lowest BCUT2D eigenvalue weighted by Crippen LogP contribution is -2.16. The van der Waals surface area contributed by atoms with E-state index >= 15 is 0 Å². The molecule has 1 heterocycles. The lowest BCUT2D eigenvalue weighted by molar-refractivity contribution is -0.384. The maximum absolute atomic E-state index is 12.5. The van der Waals surface area contributed by atoms with Crippen LogP contribution < -0.4 is 14.8 Å². The molecule has 10 nitrogen and oxygen atoms in total. The Hall–Kier alpha value is -3.86. The van der Waals surface area contributed by atoms with Crippen LogP contribution in [-0.4, -0.2) is 38.5 Å². The van der Waals surface area contributed by atoms with Crippen molar-refractivity contribution in [2.45, 2.75) is 31.7 Å². The van der Waals surface area contributed by atoms with E-state index in [1.807, 2.05) is 35.8 Å². The summed E-state index contributed by atoms with van der Waals surface area (Å²) in [6, 6.07) is 11.5. The van der Waals surface area contributed by atoms with Crippen molar-refractivity contribution in [2.75, 3.05) is 18.2 Å². The highest BCUT2D eigenvalue weighted by atomic mass is 32.2. The summed E-state index contributed by atoms with van der Waals surface area (Å²) in [6.45, 7) is 7.81. The van der Waals surface area contributed by atoms with Crippen LogP contribution in [0.25, 0.3) is 0 Å². The number of non-ortho nitro benzene ring substituents is 1. The smallest absolute Gasteiger partial charge is 0.269 e. The molecule has 34 heavy (non-hydrogen) atoms. The van der Waals surface area contributed by atoms with Gasteiger partial charge in [-0.25, -0.2) is 0 Å². The first-order chi connectivity index (χ1) is 16.3. The summed E-state index contributed by atoms with van der Waals surface area (Å²) >= 11 is 1.23. The quantitative estimate of drug-likeness (QED) is 0.182. The third-order valence-electron chi connectivity index (χ3n) is 4.82. The van der Waals surface area contributed by atoms with E-state index in [9.17, 15) is 14.9 Å². The average Bonchev–Trinajstić information content (AvgIpc) is 3.22. The number of nitrogens with one attached hydrogen (secondary N) is 1. The zero-order chi connectivity index (χ0) is 24.7. The van der Waals surface area contributed by atoms with Gasteiger partial charge in [0.05, 0.1) is 17.8 Å². The predicted molar refractivity (Wildman–Crippen MR) is 129 cm³/mol. The molecule has 1 aromatic heterocycles. The Kier molecular flexibility index (Phi) is 8.25. The first kappa shape index (κ1) is 24.8. The van der Waals surface area contributed by atoms with Crippen LogP contribution in [0.4, 0.5) is 11.4 Å². The number of hydrogen-bond donors (Lipinski definition) is 1. The molecule has 0 radical (unpaired) electrons. The van der Waals surface area contributed by atoms with Crippen LogP contribution in [-0.2, 0) is 11.3 Å². The summed E-state index contributed by atoms with van der Waals surface area (Å²) < 4.78 is 13.0. The first-order valence-corrected chi connectivity index (χ1v) is 11.3. The Morgan fingerprint density at radius 1 is 1.26 bits per heavy atom. The van der Waals surface area contributed by atoms with Crippen LogP contribution in [0.15, 0.2) is 60.3 Å². The number of thioether (sulfide) groups is 1. The van der Waals surface area contributed by atoms with Gasteiger partial charge in [0.15, 0.2) is 17.1 Å². The first-order valence-electron chi connectivity index (χ1n) is 10.3. The van der Waals surface area contributed by atoms with E-state index < -0.39 is 11.0 Å². The maximum Gasteiger partial charge on any atom is 0.269 e. The van der Waals surface area contributed by atoms with Crippen LogP contribution in [0.5, 0.6) is 11.5 Å². The van der Waals surface area contributed by atoms with E-state index in [-0.39, 0.29) is 17.3 Å². The summed E-state index contributed by atoms with van der Waals surface area (Å²) in [5.74, 6) is 1.81. The van der Waals surface area contributed by atoms with Gasteiger partial charge in [-0.1, -0.05) is 17.8 Å². The number of aryl methyl sites for hydroxylation is 1. The third-order valence-corrected chi connectivity index (χ3v) is 5.79. The number of hydrogen-bond acceptors (Lipinski definition) is 8. The maximum atomic E-state index is 12.5. The van der Waals surface area contributed by atoms with Gasteiger partial charge in [-0.2, -0.15) is 0 Å². The zero-order valence-electron chi connectivity index (χ0n) is 19.1. The summed E-state index contributed by atoms with van der Waals surface area (Å²) in [5, 5.41) is 22.7. The highest BCUT2D eigenvalue weighted by Crippen LogP contribution is 2.27. The van der Waals surface area contributed by atoms with Gasteiger partial charge >= 0.3 is 0 Å². The number of amides is 1. The van der Waals surface area contributed by atoms with E-state index in [0.717, 1.165) is 5.75 Å². The number of ether oxygens (including phenoxy) is 2. The molecular formula is C23H25N5O5S. The Labute approximate surface area is 201 Å². The van der Waals surface area contributed by atoms with Crippen molar-refractivity contribution in [1.29, 1.82) is 0 Å². The Morgan fingerprint density at radius 3 is 2.59 bits per heavy atom. The van der Waals surface area contributed by atoms with E-state index in [4.69, 9.17) is 9.47 Å². The van der Waals surface area contributed by atoms with Gasteiger partial charge in [0.25, 0.3) is 5.69 Å². The number of anilines is 1. The molecule has 1 N–H and O–H groups in total. The van der Waals surface area contributed by atoms with Crippen molar-refractivity contribution in [3.63, 3.8) is 0 Å². The number of carbonyl (C=O) groups is 1. The van der Waals surface area contributed by atoms with Crippen molar-refractivity contribution in [1.82, 2.24) is 14.8 Å². The molecule has 3 rings (SSSR count). The average molecular weight is 484 g/mol. The fraction of sp³-hybridized carbons (Fsp3) is 0.261. The van der Waals surface area contributed by atoms with E-state index in [0.29, 0.717) is 34.5 Å². The van der Waals surface area contributed by atoms with Crippen molar-refractivity contribution >= 4 is 29.0 Å². The van der Waals surface area contributed by atoms with Crippen molar-refractivity contribution in [3.05, 3.63) is 76.6 Å². The largest absolute Gasteiger partial charge is 0.497 e. The molecule has 2 aromatic carbocycles. The minimum absolute atomic E-state index is 0.0269. The molecule has 178 valence electrons. The molecule has 1 atom stereocenters. The number of allylic oxidation sites excluding steroid dienone is 1. The number of rotatable bonds is 11. The molecule has 0 saturated heterocycles. The molecular weight excluding hydrogens is 458 g/mol. The predicted octanol–water partition coefficient (Wildman–Crippen LogP) is 4.56. The Bertz CT molecular complexity index is 1180. The molecule has 0 aliphatic rings. The number of benzene rings is 2. The molecule has 0 aliphatic carbocycles. The number of nitro benzene ring substituents is 1. The highest BCUT2D eigenvalue weighted by molar-refractivity contribution is 7.99. The molecule has 1 unspecified atom stereocenters. The summed E-state index contributed by atoms with van der Waals surface area (Å²) in [6.07, 6.45) is 1.32. The second-order valence-electron chi connectivity index (χ2n) is 7.27. The Balaban J connectivity index is 1.66. The molecule has 0 bridgehead atoms. The van der Waals surface area contributed by atoms with E-state index in [2.05, 4.69) is 22.1 Å². The number of nitrogens with zero attached hydrogens (tertiary/aromatic N) is 4. The van der Waals surface area contributed by atoms with Gasteiger partial charge in [0.2, 0.25) is 5.91 Å². The topological polar surface area (TPSA) is 121 Å². The zero-order valence-corrected chi connectivity index (χ0v) is 19.9. The van der Waals surface area contributed by atoms with Crippen molar-refractivity contribution < 1.29 is 19.2 Å². The fourth-order valence-corrected chi connectivity index (χ4v) is 3.89. The number of carbonyl (C=O) groups excluding carboxylic acids is 1. The molecule has 1 amide bonds. The minimum Gasteiger partial charge on any atom is -0.497 e. The molecule has 0 saturated carbocycles. The van der Waals surface area contributed by atoms with Gasteiger partial charge in [-0.15, -0.1) is 16.8 Å². The SMILES string of the molecule is C=CCn1c(SCC(=O)Nc2ccc([N+](=O)[O-])cc2C)nnc1C(C)Oc1ccc(OC)cc1. The van der Waals surface area contributed by atoms with Crippen LogP contribution in [0.1, 0.15) is 24.4 Å². The van der Waals surface area contributed by atoms with E-state index in [1.54, 1.807) is 20.1 Å². The second kappa shape index (κ2) is 11.3. The summed E-state index contributed by atoms with van der Waals surface area (Å²) in [7, 11) is 1.60. The highest BCUT2D eigenvalue weighted by Gasteiger charge is 2.20. The van der Waals surface area contributed by atoms with E-state index in [1.165, 1.54) is 30.0 Å². The normalized spacial score (nSPS) is 11.5. The summed E-state index contributed by atoms with van der Waals surface area (Å²) in [5.41, 5.74) is 1.10. The monoisotopic (exact) mass is 483 g/mol. The Morgan fingerprint density at radius 2 is 1.97 bits per heavy atom. The van der Waals surface area contributed by atoms with Crippen LogP contribution in [0, 0.1) is 17.0 Å². The lowest BCUT2D eigenvalue weighted by Gasteiger charge is -2.16. The second-order valence-corrected chi connectivity index (χ2v) is 8.21. The molecule has 0 spiro atoms. The van der Waals surface area contributed by atoms with Crippen LogP contribution in [0.3, 0.4) is 0 Å². The van der Waals surface area contributed by atoms with Gasteiger partial charge in [0.1, 0.15) is 11.5 Å². The molecule has 0 fully saturated rings.